The van der Waals surface area contributed by atoms with Crippen molar-refractivity contribution in [2.24, 2.45) is 0 Å². The average Bonchev–Trinajstić information content (AvgIpc) is 3.10. The van der Waals surface area contributed by atoms with Crippen LogP contribution in [0.2, 0.25) is 0 Å². The summed E-state index contributed by atoms with van der Waals surface area (Å²) in [4.78, 5) is 28.4. The Labute approximate surface area is 150 Å². The summed E-state index contributed by atoms with van der Waals surface area (Å²) in [6.45, 7) is 8.54. The molecule has 1 aliphatic heterocycles. The lowest BCUT2D eigenvalue weighted by molar-refractivity contribution is 0.0955. The monoisotopic (exact) mass is 346 g/mol. The average molecular weight is 346 g/mol. The molecule has 3 amide bonds. The highest BCUT2D eigenvalue weighted by Crippen LogP contribution is 2.17. The van der Waals surface area contributed by atoms with E-state index >= 15 is 0 Å². The smallest absolute Gasteiger partial charge is 0.321 e. The summed E-state index contributed by atoms with van der Waals surface area (Å²) < 4.78 is 0. The van der Waals surface area contributed by atoms with E-state index in [1.54, 1.807) is 23.1 Å². The first-order valence-electron chi connectivity index (χ1n) is 9.14. The standard InChI is InChI=1S/C19H30N4O2/c1-4-20-18(24)16-8-9-17(15(2)14-16)21-19(25)22(3)10-7-13-23-11-5-6-12-23/h8-9,14H,4-7,10-13H2,1-3H3,(H,20,24)(H,21,25). The third kappa shape index (κ3) is 5.74. The van der Waals surface area contributed by atoms with Crippen molar-refractivity contribution >= 4 is 17.6 Å². The molecule has 1 saturated heterocycles. The van der Waals surface area contributed by atoms with Gasteiger partial charge >= 0.3 is 6.03 Å². The van der Waals surface area contributed by atoms with E-state index < -0.39 is 0 Å². The van der Waals surface area contributed by atoms with Crippen molar-refractivity contribution < 1.29 is 9.59 Å². The largest absolute Gasteiger partial charge is 0.352 e. The normalized spacial score (nSPS) is 14.4. The Hall–Kier alpha value is -2.08. The van der Waals surface area contributed by atoms with Crippen molar-refractivity contribution in [1.82, 2.24) is 15.1 Å². The SMILES string of the molecule is CCNC(=O)c1ccc(NC(=O)N(C)CCCN2CCCC2)c(C)c1. The molecule has 1 heterocycles. The number of anilines is 1. The fourth-order valence-electron chi connectivity index (χ4n) is 3.06. The molecule has 0 aromatic heterocycles. The lowest BCUT2D eigenvalue weighted by Crippen LogP contribution is -2.34. The number of amides is 3. The minimum atomic E-state index is -0.115. The number of aryl methyl sites for hydroxylation is 1. The summed E-state index contributed by atoms with van der Waals surface area (Å²) in [6.07, 6.45) is 3.57. The third-order valence-corrected chi connectivity index (χ3v) is 4.58. The number of carbonyl (C=O) groups is 2. The topological polar surface area (TPSA) is 64.7 Å². The molecule has 25 heavy (non-hydrogen) atoms. The molecule has 0 unspecified atom stereocenters. The number of benzene rings is 1. The number of nitrogens with zero attached hydrogens (tertiary/aromatic N) is 2. The summed E-state index contributed by atoms with van der Waals surface area (Å²) in [7, 11) is 1.82. The van der Waals surface area contributed by atoms with Gasteiger partial charge < -0.3 is 20.4 Å². The van der Waals surface area contributed by atoms with Crippen molar-refractivity contribution in [2.75, 3.05) is 45.1 Å². The van der Waals surface area contributed by atoms with Crippen LogP contribution in [0.4, 0.5) is 10.5 Å². The number of nitrogens with one attached hydrogen (secondary N) is 2. The second-order valence-corrected chi connectivity index (χ2v) is 6.64. The fourth-order valence-corrected chi connectivity index (χ4v) is 3.06. The van der Waals surface area contributed by atoms with Gasteiger partial charge in [0.2, 0.25) is 0 Å². The van der Waals surface area contributed by atoms with Gasteiger partial charge in [-0.1, -0.05) is 0 Å². The fraction of sp³-hybridized carbons (Fsp3) is 0.579. The van der Waals surface area contributed by atoms with E-state index in [1.165, 1.54) is 25.9 Å². The van der Waals surface area contributed by atoms with E-state index in [0.717, 1.165) is 30.8 Å². The highest BCUT2D eigenvalue weighted by molar-refractivity contribution is 5.96. The molecular formula is C19H30N4O2. The molecule has 6 nitrogen and oxygen atoms in total. The van der Waals surface area contributed by atoms with Crippen LogP contribution in [-0.2, 0) is 0 Å². The van der Waals surface area contributed by atoms with Gasteiger partial charge in [0.25, 0.3) is 5.91 Å². The van der Waals surface area contributed by atoms with E-state index in [4.69, 9.17) is 0 Å². The number of carbonyl (C=O) groups excluding carboxylic acids is 2. The zero-order valence-electron chi connectivity index (χ0n) is 15.6. The first-order chi connectivity index (χ1) is 12.0. The van der Waals surface area contributed by atoms with Gasteiger partial charge in [-0.2, -0.15) is 0 Å². The Morgan fingerprint density at radius 3 is 2.60 bits per heavy atom. The second-order valence-electron chi connectivity index (χ2n) is 6.64. The molecule has 0 bridgehead atoms. The van der Waals surface area contributed by atoms with Crippen LogP contribution in [0.1, 0.15) is 42.1 Å². The zero-order chi connectivity index (χ0) is 18.2. The molecule has 0 radical (unpaired) electrons. The Kier molecular flexibility index (Phi) is 7.25. The highest BCUT2D eigenvalue weighted by Gasteiger charge is 2.14. The van der Waals surface area contributed by atoms with Crippen LogP contribution in [0.25, 0.3) is 0 Å². The van der Waals surface area contributed by atoms with E-state index in [1.807, 2.05) is 20.9 Å². The molecule has 1 fully saturated rings. The van der Waals surface area contributed by atoms with Crippen LogP contribution in [0.15, 0.2) is 18.2 Å². The van der Waals surface area contributed by atoms with Crippen molar-refractivity contribution in [3.8, 4) is 0 Å². The van der Waals surface area contributed by atoms with Crippen LogP contribution in [0, 0.1) is 6.92 Å². The summed E-state index contributed by atoms with van der Waals surface area (Å²) in [5, 5.41) is 5.70. The van der Waals surface area contributed by atoms with Crippen LogP contribution in [0.5, 0.6) is 0 Å². The third-order valence-electron chi connectivity index (χ3n) is 4.58. The van der Waals surface area contributed by atoms with Crippen molar-refractivity contribution in [1.29, 1.82) is 0 Å². The van der Waals surface area contributed by atoms with Crippen LogP contribution in [0.3, 0.4) is 0 Å². The van der Waals surface area contributed by atoms with Gasteiger partial charge in [-0.25, -0.2) is 4.79 Å². The van der Waals surface area contributed by atoms with Gasteiger partial charge in [-0.3, -0.25) is 4.79 Å². The van der Waals surface area contributed by atoms with Gasteiger partial charge in [0.15, 0.2) is 0 Å². The van der Waals surface area contributed by atoms with Gasteiger partial charge in [0.05, 0.1) is 0 Å². The minimum absolute atomic E-state index is 0.0949. The predicted molar refractivity (Wildman–Crippen MR) is 101 cm³/mol. The maximum atomic E-state index is 12.3. The molecule has 2 N–H and O–H groups in total. The molecule has 1 aliphatic rings. The molecule has 6 heteroatoms. The molecule has 1 aromatic rings. The lowest BCUT2D eigenvalue weighted by atomic mass is 10.1. The highest BCUT2D eigenvalue weighted by atomic mass is 16.2. The van der Waals surface area contributed by atoms with Crippen molar-refractivity contribution in [3.63, 3.8) is 0 Å². The Morgan fingerprint density at radius 1 is 1.24 bits per heavy atom. The predicted octanol–water partition coefficient (Wildman–Crippen LogP) is 2.69. The van der Waals surface area contributed by atoms with Crippen molar-refractivity contribution in [3.05, 3.63) is 29.3 Å². The van der Waals surface area contributed by atoms with Gasteiger partial charge in [-0.05, 0) is 76.5 Å². The number of urea groups is 1. The molecular weight excluding hydrogens is 316 g/mol. The summed E-state index contributed by atoms with van der Waals surface area (Å²) >= 11 is 0. The molecule has 0 saturated carbocycles. The van der Waals surface area contributed by atoms with Gasteiger partial charge in [0, 0.05) is 31.4 Å². The van der Waals surface area contributed by atoms with Gasteiger partial charge in [-0.15, -0.1) is 0 Å². The Morgan fingerprint density at radius 2 is 1.96 bits per heavy atom. The van der Waals surface area contributed by atoms with E-state index in [2.05, 4.69) is 15.5 Å². The Balaban J connectivity index is 1.83. The number of hydrogen-bond acceptors (Lipinski definition) is 3. The quantitative estimate of drug-likeness (QED) is 0.798. The summed E-state index contributed by atoms with van der Waals surface area (Å²) in [5.41, 5.74) is 2.23. The molecule has 138 valence electrons. The summed E-state index contributed by atoms with van der Waals surface area (Å²) in [5.74, 6) is -0.0949. The van der Waals surface area contributed by atoms with Crippen LogP contribution in [-0.4, -0.2) is 61.5 Å². The second kappa shape index (κ2) is 9.42. The Bertz CT molecular complexity index is 597. The summed E-state index contributed by atoms with van der Waals surface area (Å²) in [6, 6.07) is 5.21. The molecule has 2 rings (SSSR count). The minimum Gasteiger partial charge on any atom is -0.352 e. The lowest BCUT2D eigenvalue weighted by Gasteiger charge is -2.21. The van der Waals surface area contributed by atoms with Gasteiger partial charge in [0.1, 0.15) is 0 Å². The van der Waals surface area contributed by atoms with Crippen molar-refractivity contribution in [2.45, 2.75) is 33.1 Å². The molecule has 0 atom stereocenters. The number of hydrogen-bond donors (Lipinski definition) is 2. The van der Waals surface area contributed by atoms with Crippen LogP contribution >= 0.6 is 0 Å². The zero-order valence-corrected chi connectivity index (χ0v) is 15.6. The molecule has 0 aliphatic carbocycles. The maximum absolute atomic E-state index is 12.3. The first-order valence-corrected chi connectivity index (χ1v) is 9.14. The molecule has 1 aromatic carbocycles. The maximum Gasteiger partial charge on any atom is 0.321 e. The van der Waals surface area contributed by atoms with E-state index in [-0.39, 0.29) is 11.9 Å². The number of rotatable bonds is 7. The van der Waals surface area contributed by atoms with E-state index in [9.17, 15) is 9.59 Å². The molecule has 0 spiro atoms. The van der Waals surface area contributed by atoms with E-state index in [0.29, 0.717) is 12.1 Å². The number of likely N-dealkylation sites (tertiary alicyclic amines) is 1. The first kappa shape index (κ1) is 19.2. The van der Waals surface area contributed by atoms with Crippen LogP contribution < -0.4 is 10.6 Å².